The van der Waals surface area contributed by atoms with Crippen molar-refractivity contribution in [1.82, 2.24) is 4.90 Å². The Balaban J connectivity index is 1.60. The number of ether oxygens (including phenoxy) is 1. The van der Waals surface area contributed by atoms with Gasteiger partial charge in [-0.15, -0.1) is 0 Å². The molecule has 0 spiro atoms. The molecular formula is C20H24FN3O2. The maximum absolute atomic E-state index is 13.1. The molecule has 26 heavy (non-hydrogen) atoms. The van der Waals surface area contributed by atoms with Gasteiger partial charge in [0.25, 0.3) is 0 Å². The fourth-order valence-corrected chi connectivity index (χ4v) is 3.05. The van der Waals surface area contributed by atoms with Crippen LogP contribution >= 0.6 is 0 Å². The van der Waals surface area contributed by atoms with Crippen LogP contribution in [0.15, 0.2) is 42.5 Å². The number of amides is 1. The van der Waals surface area contributed by atoms with E-state index in [4.69, 9.17) is 10.5 Å². The van der Waals surface area contributed by atoms with Gasteiger partial charge in [0.1, 0.15) is 5.82 Å². The van der Waals surface area contributed by atoms with E-state index in [0.717, 1.165) is 37.1 Å². The molecule has 1 aliphatic rings. The number of carbonyl (C=O) groups excluding carboxylic acids is 1. The number of likely N-dealkylation sites (tertiary alicyclic amines) is 1. The highest BCUT2D eigenvalue weighted by atomic mass is 19.1. The number of hydrogen-bond donors (Lipinski definition) is 2. The smallest absolute Gasteiger partial charge is 0.411 e. The van der Waals surface area contributed by atoms with Gasteiger partial charge in [-0.1, -0.05) is 18.2 Å². The fourth-order valence-electron chi connectivity index (χ4n) is 3.05. The highest BCUT2D eigenvalue weighted by Crippen LogP contribution is 2.27. The first-order chi connectivity index (χ1) is 12.5. The summed E-state index contributed by atoms with van der Waals surface area (Å²) >= 11 is 0. The minimum Gasteiger partial charge on any atom is -0.449 e. The molecule has 3 N–H and O–H groups in total. The summed E-state index contributed by atoms with van der Waals surface area (Å²) in [4.78, 5) is 14.4. The van der Waals surface area contributed by atoms with Crippen LogP contribution in [0.4, 0.5) is 20.6 Å². The zero-order chi connectivity index (χ0) is 18.5. The van der Waals surface area contributed by atoms with Gasteiger partial charge >= 0.3 is 6.09 Å². The summed E-state index contributed by atoms with van der Waals surface area (Å²) in [5, 5.41) is 2.71. The molecule has 0 radical (unpaired) electrons. The van der Waals surface area contributed by atoms with Gasteiger partial charge in [0, 0.05) is 0 Å². The monoisotopic (exact) mass is 357 g/mol. The number of halogens is 1. The molecule has 1 heterocycles. The van der Waals surface area contributed by atoms with Crippen molar-refractivity contribution in [1.29, 1.82) is 0 Å². The summed E-state index contributed by atoms with van der Waals surface area (Å²) in [7, 11) is 2.10. The molecule has 2 aromatic carbocycles. The molecule has 0 unspecified atom stereocenters. The highest BCUT2D eigenvalue weighted by Gasteiger charge is 2.18. The van der Waals surface area contributed by atoms with Crippen LogP contribution < -0.4 is 11.1 Å². The number of nitrogens with zero attached hydrogens (tertiary/aromatic N) is 1. The molecule has 0 bridgehead atoms. The standard InChI is InChI=1S/C20H24FN3O2/c1-24-10-8-14(9-11-24)13-26-20(25)23-19-12-16(4-7-18(19)22)15-2-5-17(21)6-3-15/h2-7,12,14H,8-11,13,22H2,1H3,(H,23,25). The Hall–Kier alpha value is -2.60. The van der Waals surface area contributed by atoms with Crippen LogP contribution in [-0.4, -0.2) is 37.7 Å². The number of carbonyl (C=O) groups is 1. The zero-order valence-electron chi connectivity index (χ0n) is 14.9. The van der Waals surface area contributed by atoms with Crippen LogP contribution in [0.25, 0.3) is 11.1 Å². The van der Waals surface area contributed by atoms with E-state index in [9.17, 15) is 9.18 Å². The Morgan fingerprint density at radius 2 is 1.85 bits per heavy atom. The molecular weight excluding hydrogens is 333 g/mol. The maximum Gasteiger partial charge on any atom is 0.411 e. The molecule has 6 heteroatoms. The largest absolute Gasteiger partial charge is 0.449 e. The van der Waals surface area contributed by atoms with Gasteiger partial charge in [0.2, 0.25) is 0 Å². The normalized spacial score (nSPS) is 15.6. The van der Waals surface area contributed by atoms with Crippen molar-refractivity contribution in [3.63, 3.8) is 0 Å². The number of piperidine rings is 1. The number of rotatable bonds is 4. The van der Waals surface area contributed by atoms with Gasteiger partial charge < -0.3 is 15.4 Å². The average Bonchev–Trinajstić information content (AvgIpc) is 2.64. The number of anilines is 2. The van der Waals surface area contributed by atoms with Crippen molar-refractivity contribution in [3.05, 3.63) is 48.3 Å². The molecule has 3 rings (SSSR count). The molecule has 1 aliphatic heterocycles. The number of nitrogens with one attached hydrogen (secondary N) is 1. The van der Waals surface area contributed by atoms with Gasteiger partial charge in [-0.3, -0.25) is 5.32 Å². The van der Waals surface area contributed by atoms with Gasteiger partial charge in [0.05, 0.1) is 18.0 Å². The Morgan fingerprint density at radius 1 is 1.19 bits per heavy atom. The molecule has 138 valence electrons. The number of nitrogens with two attached hydrogens (primary N) is 1. The molecule has 5 nitrogen and oxygen atoms in total. The van der Waals surface area contributed by atoms with E-state index < -0.39 is 6.09 Å². The second kappa shape index (κ2) is 8.19. The molecule has 0 saturated carbocycles. The third-order valence-electron chi connectivity index (χ3n) is 4.76. The van der Waals surface area contributed by atoms with E-state index in [0.29, 0.717) is 23.9 Å². The topological polar surface area (TPSA) is 67.6 Å². The van der Waals surface area contributed by atoms with Gasteiger partial charge in [0.15, 0.2) is 0 Å². The predicted molar refractivity (Wildman–Crippen MR) is 101 cm³/mol. The van der Waals surface area contributed by atoms with Crippen molar-refractivity contribution >= 4 is 17.5 Å². The minimum atomic E-state index is -0.508. The lowest BCUT2D eigenvalue weighted by Crippen LogP contribution is -2.32. The lowest BCUT2D eigenvalue weighted by atomic mass is 9.98. The third-order valence-corrected chi connectivity index (χ3v) is 4.76. The van der Waals surface area contributed by atoms with Crippen molar-refractivity contribution in [2.24, 2.45) is 5.92 Å². The summed E-state index contributed by atoms with van der Waals surface area (Å²) < 4.78 is 18.4. The fraction of sp³-hybridized carbons (Fsp3) is 0.350. The van der Waals surface area contributed by atoms with Crippen molar-refractivity contribution in [3.8, 4) is 11.1 Å². The number of nitrogen functional groups attached to an aromatic ring is 1. The molecule has 0 atom stereocenters. The van der Waals surface area contributed by atoms with E-state index in [1.807, 2.05) is 6.07 Å². The lowest BCUT2D eigenvalue weighted by Gasteiger charge is -2.28. The van der Waals surface area contributed by atoms with Crippen LogP contribution in [0.3, 0.4) is 0 Å². The second-order valence-corrected chi connectivity index (χ2v) is 6.78. The van der Waals surface area contributed by atoms with E-state index >= 15 is 0 Å². The summed E-state index contributed by atoms with van der Waals surface area (Å²) in [6, 6.07) is 11.5. The minimum absolute atomic E-state index is 0.292. The second-order valence-electron chi connectivity index (χ2n) is 6.78. The summed E-state index contributed by atoms with van der Waals surface area (Å²) in [6.45, 7) is 2.47. The third kappa shape index (κ3) is 4.73. The summed E-state index contributed by atoms with van der Waals surface area (Å²) in [5.74, 6) is 0.111. The quantitative estimate of drug-likeness (QED) is 0.813. The lowest BCUT2D eigenvalue weighted by molar-refractivity contribution is 0.113. The van der Waals surface area contributed by atoms with Gasteiger partial charge in [-0.05, 0) is 74.3 Å². The highest BCUT2D eigenvalue weighted by molar-refractivity contribution is 5.90. The zero-order valence-corrected chi connectivity index (χ0v) is 14.9. The first-order valence-corrected chi connectivity index (χ1v) is 8.79. The molecule has 0 aromatic heterocycles. The van der Waals surface area contributed by atoms with Crippen molar-refractivity contribution < 1.29 is 13.9 Å². The maximum atomic E-state index is 13.1. The van der Waals surface area contributed by atoms with E-state index in [1.54, 1.807) is 24.3 Å². The van der Waals surface area contributed by atoms with E-state index in [2.05, 4.69) is 17.3 Å². The Bertz CT molecular complexity index is 756. The van der Waals surface area contributed by atoms with Crippen LogP contribution in [0.5, 0.6) is 0 Å². The van der Waals surface area contributed by atoms with Crippen LogP contribution in [0, 0.1) is 11.7 Å². The van der Waals surface area contributed by atoms with Crippen LogP contribution in [-0.2, 0) is 4.74 Å². The summed E-state index contributed by atoms with van der Waals surface area (Å²) in [5.41, 5.74) is 8.58. The summed E-state index contributed by atoms with van der Waals surface area (Å²) in [6.07, 6.45) is 1.56. The molecule has 1 fully saturated rings. The molecule has 1 saturated heterocycles. The number of hydrogen-bond acceptors (Lipinski definition) is 4. The first-order valence-electron chi connectivity index (χ1n) is 8.79. The Morgan fingerprint density at radius 3 is 2.54 bits per heavy atom. The number of benzene rings is 2. The predicted octanol–water partition coefficient (Wildman–Crippen LogP) is 3.97. The molecule has 2 aromatic rings. The molecule has 0 aliphatic carbocycles. The Kier molecular flexibility index (Phi) is 5.73. The van der Waals surface area contributed by atoms with Crippen molar-refractivity contribution in [2.45, 2.75) is 12.8 Å². The van der Waals surface area contributed by atoms with Crippen LogP contribution in [0.1, 0.15) is 12.8 Å². The SMILES string of the molecule is CN1CCC(COC(=O)Nc2cc(-c3ccc(F)cc3)ccc2N)CC1. The van der Waals surface area contributed by atoms with Gasteiger partial charge in [-0.25, -0.2) is 9.18 Å². The first kappa shape index (κ1) is 18.2. The van der Waals surface area contributed by atoms with Gasteiger partial charge in [-0.2, -0.15) is 0 Å². The molecule has 1 amide bonds. The van der Waals surface area contributed by atoms with E-state index in [-0.39, 0.29) is 5.82 Å². The van der Waals surface area contributed by atoms with E-state index in [1.165, 1.54) is 12.1 Å². The van der Waals surface area contributed by atoms with Crippen LogP contribution in [0.2, 0.25) is 0 Å². The van der Waals surface area contributed by atoms with Crippen molar-refractivity contribution in [2.75, 3.05) is 37.8 Å². The Labute approximate surface area is 152 Å². The average molecular weight is 357 g/mol.